The van der Waals surface area contributed by atoms with E-state index in [0.717, 1.165) is 29.8 Å². The fourth-order valence-corrected chi connectivity index (χ4v) is 2.84. The molecule has 0 radical (unpaired) electrons. The molecule has 9 heteroatoms. The van der Waals surface area contributed by atoms with Gasteiger partial charge in [-0.15, -0.1) is 4.83 Å². The maximum absolute atomic E-state index is 12.8. The third-order valence-corrected chi connectivity index (χ3v) is 4.44. The van der Waals surface area contributed by atoms with E-state index in [0.29, 0.717) is 10.8 Å². The highest BCUT2D eigenvalue weighted by Crippen LogP contribution is 2.21. The van der Waals surface area contributed by atoms with Crippen molar-refractivity contribution in [3.63, 3.8) is 0 Å². The fraction of sp³-hybridized carbons (Fsp3) is 0.133. The molecule has 0 heterocycles. The number of hydrogen-bond donors (Lipinski definition) is 2. The Balaban J connectivity index is 1.89. The van der Waals surface area contributed by atoms with Gasteiger partial charge in [-0.1, -0.05) is 11.6 Å². The minimum Gasteiger partial charge on any atom is -0.483 e. The van der Waals surface area contributed by atoms with Crippen molar-refractivity contribution in [2.45, 2.75) is 11.8 Å². The highest BCUT2D eigenvalue weighted by atomic mass is 35.5. The number of rotatable bonds is 6. The monoisotopic (exact) mass is 372 g/mol. The Morgan fingerprint density at radius 3 is 2.50 bits per heavy atom. The molecule has 0 bridgehead atoms. The number of carbonyl (C=O) groups is 1. The molecule has 2 N–H and O–H groups in total. The quantitative estimate of drug-likeness (QED) is 0.761. The fourth-order valence-electron chi connectivity index (χ4n) is 1.75. The van der Waals surface area contributed by atoms with Gasteiger partial charge in [-0.25, -0.2) is 12.8 Å². The lowest BCUT2D eigenvalue weighted by Gasteiger charge is -2.11. The number of sulfonamides is 1. The Bertz CT molecular complexity index is 841. The van der Waals surface area contributed by atoms with Crippen molar-refractivity contribution in [2.75, 3.05) is 6.61 Å². The molecule has 2 aromatic rings. The molecule has 0 fully saturated rings. The van der Waals surface area contributed by atoms with E-state index >= 15 is 0 Å². The largest absolute Gasteiger partial charge is 0.483 e. The predicted octanol–water partition coefficient (Wildman–Crippen LogP) is 2.18. The standard InChI is InChI=1S/C15H14ClFN2O4S/c1-10-8-11(16)2-7-14(10)23-9-15(20)18-19-24(21,22)13-5-3-12(17)4-6-13/h2-8,19H,9H2,1H3,(H,18,20). The van der Waals surface area contributed by atoms with E-state index < -0.39 is 28.4 Å². The summed E-state index contributed by atoms with van der Waals surface area (Å²) < 4.78 is 41.9. The first-order chi connectivity index (χ1) is 11.3. The molecule has 24 heavy (non-hydrogen) atoms. The van der Waals surface area contributed by atoms with E-state index in [9.17, 15) is 17.6 Å². The summed E-state index contributed by atoms with van der Waals surface area (Å²) in [5.41, 5.74) is 2.75. The van der Waals surface area contributed by atoms with Gasteiger partial charge >= 0.3 is 0 Å². The van der Waals surface area contributed by atoms with Crippen LogP contribution in [0.5, 0.6) is 5.75 Å². The molecule has 2 aromatic carbocycles. The third-order valence-electron chi connectivity index (χ3n) is 2.94. The number of ether oxygens (including phenoxy) is 1. The van der Waals surface area contributed by atoms with Gasteiger partial charge in [-0.3, -0.25) is 10.2 Å². The number of carbonyl (C=O) groups excluding carboxylic acids is 1. The van der Waals surface area contributed by atoms with Gasteiger partial charge in [-0.2, -0.15) is 0 Å². The molecule has 6 nitrogen and oxygen atoms in total. The molecular weight excluding hydrogens is 359 g/mol. The van der Waals surface area contributed by atoms with Crippen LogP contribution >= 0.6 is 11.6 Å². The lowest BCUT2D eigenvalue weighted by molar-refractivity contribution is -0.123. The van der Waals surface area contributed by atoms with Gasteiger partial charge in [0.05, 0.1) is 4.90 Å². The van der Waals surface area contributed by atoms with Crippen LogP contribution in [0.25, 0.3) is 0 Å². The van der Waals surface area contributed by atoms with Gasteiger partial charge in [0, 0.05) is 5.02 Å². The SMILES string of the molecule is Cc1cc(Cl)ccc1OCC(=O)NNS(=O)(=O)c1ccc(F)cc1. The normalized spacial score (nSPS) is 11.1. The van der Waals surface area contributed by atoms with Gasteiger partial charge < -0.3 is 4.74 Å². The Hall–Kier alpha value is -2.16. The molecule has 1 amide bonds. The maximum Gasteiger partial charge on any atom is 0.272 e. The lowest BCUT2D eigenvalue weighted by atomic mass is 10.2. The first-order valence-corrected chi connectivity index (χ1v) is 8.59. The second-order valence-electron chi connectivity index (χ2n) is 4.81. The van der Waals surface area contributed by atoms with Crippen LogP contribution in [-0.2, 0) is 14.8 Å². The first kappa shape index (κ1) is 18.2. The zero-order valence-corrected chi connectivity index (χ0v) is 14.1. The molecule has 2 rings (SSSR count). The van der Waals surface area contributed by atoms with E-state index in [1.807, 2.05) is 10.3 Å². The number of aryl methyl sites for hydroxylation is 1. The molecule has 0 saturated carbocycles. The Kier molecular flexibility index (Phi) is 5.76. The summed E-state index contributed by atoms with van der Waals surface area (Å²) in [6.45, 7) is 1.37. The van der Waals surface area contributed by atoms with E-state index in [4.69, 9.17) is 16.3 Å². The Labute approximate surface area is 143 Å². The highest BCUT2D eigenvalue weighted by molar-refractivity contribution is 7.89. The summed E-state index contributed by atoms with van der Waals surface area (Å²) in [6, 6.07) is 9.05. The van der Waals surface area contributed by atoms with Crippen LogP contribution in [0.4, 0.5) is 4.39 Å². The molecule has 0 aliphatic rings. The van der Waals surface area contributed by atoms with E-state index in [1.165, 1.54) is 0 Å². The summed E-state index contributed by atoms with van der Waals surface area (Å²) >= 11 is 5.81. The molecule has 128 valence electrons. The third kappa shape index (κ3) is 4.92. The summed E-state index contributed by atoms with van der Waals surface area (Å²) in [5, 5.41) is 0.538. The van der Waals surface area contributed by atoms with Gasteiger partial charge in [-0.05, 0) is 55.0 Å². The number of nitrogens with one attached hydrogen (secondary N) is 2. The van der Waals surface area contributed by atoms with Crippen molar-refractivity contribution in [2.24, 2.45) is 0 Å². The number of hydrazine groups is 1. The average Bonchev–Trinajstić information content (AvgIpc) is 2.52. The van der Waals surface area contributed by atoms with Crippen molar-refractivity contribution in [3.05, 3.63) is 58.9 Å². The first-order valence-electron chi connectivity index (χ1n) is 6.73. The van der Waals surface area contributed by atoms with Crippen molar-refractivity contribution >= 4 is 27.5 Å². The van der Waals surface area contributed by atoms with Crippen LogP contribution in [0, 0.1) is 12.7 Å². The van der Waals surface area contributed by atoms with Crippen LogP contribution in [0.2, 0.25) is 5.02 Å². The van der Waals surface area contributed by atoms with E-state index in [1.54, 1.807) is 25.1 Å². The summed E-state index contributed by atoms with van der Waals surface area (Å²) in [5.74, 6) is -0.810. The van der Waals surface area contributed by atoms with Crippen molar-refractivity contribution in [3.8, 4) is 5.75 Å². The summed E-state index contributed by atoms with van der Waals surface area (Å²) in [6.07, 6.45) is 0. The predicted molar refractivity (Wildman–Crippen MR) is 86.5 cm³/mol. The van der Waals surface area contributed by atoms with Crippen LogP contribution in [0.15, 0.2) is 47.4 Å². The van der Waals surface area contributed by atoms with Gasteiger partial charge in [0.15, 0.2) is 6.61 Å². The summed E-state index contributed by atoms with van der Waals surface area (Å²) in [4.78, 5) is 13.4. The smallest absolute Gasteiger partial charge is 0.272 e. The Morgan fingerprint density at radius 1 is 1.21 bits per heavy atom. The zero-order valence-electron chi connectivity index (χ0n) is 12.5. The minimum absolute atomic E-state index is 0.182. The molecule has 0 aliphatic heterocycles. The minimum atomic E-state index is -3.99. The molecule has 0 aromatic heterocycles. The molecule has 0 unspecified atom stereocenters. The molecular formula is C15H14ClFN2O4S. The van der Waals surface area contributed by atoms with Crippen LogP contribution in [0.3, 0.4) is 0 Å². The van der Waals surface area contributed by atoms with Gasteiger partial charge in [0.25, 0.3) is 15.9 Å². The molecule has 0 spiro atoms. The van der Waals surface area contributed by atoms with Crippen LogP contribution < -0.4 is 15.0 Å². The van der Waals surface area contributed by atoms with Gasteiger partial charge in [0.1, 0.15) is 11.6 Å². The van der Waals surface area contributed by atoms with E-state index in [-0.39, 0.29) is 4.90 Å². The second-order valence-corrected chi connectivity index (χ2v) is 6.92. The Morgan fingerprint density at radius 2 is 1.88 bits per heavy atom. The molecule has 0 saturated heterocycles. The number of halogens is 2. The average molecular weight is 373 g/mol. The highest BCUT2D eigenvalue weighted by Gasteiger charge is 2.15. The van der Waals surface area contributed by atoms with Gasteiger partial charge in [0.2, 0.25) is 0 Å². The van der Waals surface area contributed by atoms with Crippen molar-refractivity contribution < 1.29 is 22.3 Å². The topological polar surface area (TPSA) is 84.5 Å². The zero-order chi connectivity index (χ0) is 17.7. The number of amides is 1. The summed E-state index contributed by atoms with van der Waals surface area (Å²) in [7, 11) is -3.99. The number of hydrogen-bond acceptors (Lipinski definition) is 4. The van der Waals surface area contributed by atoms with Crippen LogP contribution in [-0.4, -0.2) is 20.9 Å². The van der Waals surface area contributed by atoms with E-state index in [2.05, 4.69) is 0 Å². The van der Waals surface area contributed by atoms with Crippen LogP contribution in [0.1, 0.15) is 5.56 Å². The van der Waals surface area contributed by atoms with Crippen molar-refractivity contribution in [1.82, 2.24) is 10.3 Å². The second kappa shape index (κ2) is 7.61. The lowest BCUT2D eigenvalue weighted by Crippen LogP contribution is -2.43. The van der Waals surface area contributed by atoms with Crippen molar-refractivity contribution in [1.29, 1.82) is 0 Å². The molecule has 0 atom stereocenters. The maximum atomic E-state index is 12.8. The molecule has 0 aliphatic carbocycles. The number of benzene rings is 2.